The second-order valence-corrected chi connectivity index (χ2v) is 8.46. The highest BCUT2D eigenvalue weighted by Crippen LogP contribution is 2.28. The van der Waals surface area contributed by atoms with Crippen molar-refractivity contribution in [3.05, 3.63) is 78.3 Å². The van der Waals surface area contributed by atoms with E-state index in [0.29, 0.717) is 18.1 Å². The van der Waals surface area contributed by atoms with Gasteiger partial charge in [0.05, 0.1) is 22.2 Å². The fourth-order valence-corrected chi connectivity index (χ4v) is 4.69. The molecule has 33 heavy (non-hydrogen) atoms. The highest BCUT2D eigenvalue weighted by atomic mass is 32.1. The van der Waals surface area contributed by atoms with Gasteiger partial charge in [-0.1, -0.05) is 36.4 Å². The molecule has 6 rings (SSSR count). The van der Waals surface area contributed by atoms with E-state index in [-0.39, 0.29) is 5.91 Å². The van der Waals surface area contributed by atoms with Gasteiger partial charge in [-0.2, -0.15) is 0 Å². The van der Waals surface area contributed by atoms with E-state index in [2.05, 4.69) is 19.9 Å². The van der Waals surface area contributed by atoms with Crippen molar-refractivity contribution in [3.8, 4) is 11.4 Å². The highest BCUT2D eigenvalue weighted by Gasteiger charge is 2.16. The number of thiazole rings is 1. The van der Waals surface area contributed by atoms with E-state index in [9.17, 15) is 4.79 Å². The minimum absolute atomic E-state index is 0.100. The van der Waals surface area contributed by atoms with Crippen molar-refractivity contribution in [2.24, 2.45) is 0 Å². The number of amides is 1. The number of fused-ring (bicyclic) bond motifs is 4. The molecule has 0 aliphatic heterocycles. The first-order valence-corrected chi connectivity index (χ1v) is 11.4. The molecule has 0 saturated carbocycles. The molecule has 0 spiro atoms. The lowest BCUT2D eigenvalue weighted by molar-refractivity contribution is -0.116. The van der Waals surface area contributed by atoms with Gasteiger partial charge in [-0.15, -0.1) is 11.3 Å². The van der Waals surface area contributed by atoms with Crippen molar-refractivity contribution in [2.75, 3.05) is 5.32 Å². The Labute approximate surface area is 192 Å². The topological polar surface area (TPSA) is 85.6 Å². The van der Waals surface area contributed by atoms with Crippen molar-refractivity contribution < 1.29 is 4.79 Å². The smallest absolute Gasteiger partial charge is 0.227 e. The molecular weight excluding hydrogens is 432 g/mol. The third kappa shape index (κ3) is 3.60. The maximum atomic E-state index is 12.7. The molecule has 0 bridgehead atoms. The fraction of sp³-hybridized carbons (Fsp3) is 0.0800. The molecule has 0 aliphatic carbocycles. The van der Waals surface area contributed by atoms with Crippen molar-refractivity contribution in [1.29, 1.82) is 0 Å². The SMILES string of the molecule is O=C(CCn1c2ccccc2c2nc3ccccc3nc21)Nc1nc(-c2ccccn2)cs1. The Kier molecular flexibility index (Phi) is 4.77. The second-order valence-electron chi connectivity index (χ2n) is 7.60. The molecule has 4 aromatic heterocycles. The number of carbonyl (C=O) groups excluding carboxylic acids is 1. The zero-order valence-electron chi connectivity index (χ0n) is 17.5. The van der Waals surface area contributed by atoms with Gasteiger partial charge >= 0.3 is 0 Å². The number of rotatable bonds is 5. The molecule has 0 unspecified atom stereocenters. The van der Waals surface area contributed by atoms with Gasteiger partial charge in [0.15, 0.2) is 10.8 Å². The molecule has 160 valence electrons. The van der Waals surface area contributed by atoms with Gasteiger partial charge in [-0.25, -0.2) is 15.0 Å². The number of para-hydroxylation sites is 3. The number of aromatic nitrogens is 5. The summed E-state index contributed by atoms with van der Waals surface area (Å²) in [6, 6.07) is 21.6. The Morgan fingerprint density at radius 2 is 1.67 bits per heavy atom. The van der Waals surface area contributed by atoms with Crippen LogP contribution in [0.25, 0.3) is 44.5 Å². The predicted octanol–water partition coefficient (Wildman–Crippen LogP) is 5.29. The van der Waals surface area contributed by atoms with Crippen LogP contribution in [0.4, 0.5) is 5.13 Å². The minimum Gasteiger partial charge on any atom is -0.323 e. The quantitative estimate of drug-likeness (QED) is 0.386. The lowest BCUT2D eigenvalue weighted by Crippen LogP contribution is -2.14. The fourth-order valence-electron chi connectivity index (χ4n) is 3.97. The number of nitrogens with zero attached hydrogens (tertiary/aromatic N) is 5. The summed E-state index contributed by atoms with van der Waals surface area (Å²) in [6.07, 6.45) is 2.02. The summed E-state index contributed by atoms with van der Waals surface area (Å²) in [5, 5.41) is 6.40. The molecule has 6 aromatic rings. The monoisotopic (exact) mass is 450 g/mol. The number of nitrogens with one attached hydrogen (secondary N) is 1. The Hall–Kier alpha value is -4.17. The van der Waals surface area contributed by atoms with Crippen LogP contribution >= 0.6 is 11.3 Å². The largest absolute Gasteiger partial charge is 0.323 e. The lowest BCUT2D eigenvalue weighted by atomic mass is 10.2. The Morgan fingerprint density at radius 3 is 2.52 bits per heavy atom. The number of hydrogen-bond donors (Lipinski definition) is 1. The van der Waals surface area contributed by atoms with Crippen molar-refractivity contribution >= 4 is 55.5 Å². The summed E-state index contributed by atoms with van der Waals surface area (Å²) < 4.78 is 2.07. The molecule has 8 heteroatoms. The summed E-state index contributed by atoms with van der Waals surface area (Å²) in [5.41, 5.74) is 5.88. The van der Waals surface area contributed by atoms with Crippen LogP contribution in [0.3, 0.4) is 0 Å². The molecule has 4 heterocycles. The maximum absolute atomic E-state index is 12.7. The molecule has 0 fully saturated rings. The molecule has 1 N–H and O–H groups in total. The van der Waals surface area contributed by atoms with E-state index in [1.54, 1.807) is 6.20 Å². The highest BCUT2D eigenvalue weighted by molar-refractivity contribution is 7.14. The zero-order chi connectivity index (χ0) is 22.2. The Bertz CT molecular complexity index is 1620. The third-order valence-corrected chi connectivity index (χ3v) is 6.26. The van der Waals surface area contributed by atoms with Crippen LogP contribution in [0.15, 0.2) is 78.3 Å². The van der Waals surface area contributed by atoms with Gasteiger partial charge in [0, 0.05) is 29.9 Å². The zero-order valence-corrected chi connectivity index (χ0v) is 18.3. The van der Waals surface area contributed by atoms with E-state index in [0.717, 1.165) is 44.5 Å². The number of carbonyl (C=O) groups is 1. The van der Waals surface area contributed by atoms with Gasteiger partial charge in [0.1, 0.15) is 11.2 Å². The van der Waals surface area contributed by atoms with E-state index in [4.69, 9.17) is 9.97 Å². The molecular formula is C25H18N6OS. The van der Waals surface area contributed by atoms with Crippen LogP contribution in [0.2, 0.25) is 0 Å². The minimum atomic E-state index is -0.100. The maximum Gasteiger partial charge on any atom is 0.227 e. The van der Waals surface area contributed by atoms with E-state index >= 15 is 0 Å². The van der Waals surface area contributed by atoms with Crippen LogP contribution in [-0.2, 0) is 11.3 Å². The van der Waals surface area contributed by atoms with Crippen LogP contribution in [-0.4, -0.2) is 30.4 Å². The first-order chi connectivity index (χ1) is 16.3. The van der Waals surface area contributed by atoms with Crippen molar-refractivity contribution in [1.82, 2.24) is 24.5 Å². The van der Waals surface area contributed by atoms with Crippen LogP contribution < -0.4 is 5.32 Å². The molecule has 0 atom stereocenters. The summed E-state index contributed by atoms with van der Waals surface area (Å²) in [7, 11) is 0. The lowest BCUT2D eigenvalue weighted by Gasteiger charge is -2.07. The average molecular weight is 451 g/mol. The number of pyridine rings is 1. The number of benzene rings is 2. The van der Waals surface area contributed by atoms with Gasteiger partial charge in [-0.05, 0) is 30.3 Å². The Morgan fingerprint density at radius 1 is 0.879 bits per heavy atom. The van der Waals surface area contributed by atoms with E-state index < -0.39 is 0 Å². The Balaban J connectivity index is 1.27. The summed E-state index contributed by atoms with van der Waals surface area (Å²) in [5.74, 6) is -0.100. The first-order valence-electron chi connectivity index (χ1n) is 10.6. The summed E-state index contributed by atoms with van der Waals surface area (Å²) >= 11 is 1.39. The van der Waals surface area contributed by atoms with Gasteiger partial charge in [0.2, 0.25) is 5.91 Å². The molecule has 0 saturated heterocycles. The van der Waals surface area contributed by atoms with Gasteiger partial charge in [-0.3, -0.25) is 9.78 Å². The summed E-state index contributed by atoms with van der Waals surface area (Å²) in [4.78, 5) is 31.2. The van der Waals surface area contributed by atoms with E-state index in [1.807, 2.05) is 72.1 Å². The second kappa shape index (κ2) is 8.07. The van der Waals surface area contributed by atoms with Crippen LogP contribution in [0.1, 0.15) is 6.42 Å². The molecule has 0 aliphatic rings. The predicted molar refractivity (Wildman–Crippen MR) is 131 cm³/mol. The number of anilines is 1. The molecule has 7 nitrogen and oxygen atoms in total. The van der Waals surface area contributed by atoms with E-state index in [1.165, 1.54) is 11.3 Å². The average Bonchev–Trinajstić information content (AvgIpc) is 3.44. The normalized spacial score (nSPS) is 11.4. The third-order valence-electron chi connectivity index (χ3n) is 5.50. The van der Waals surface area contributed by atoms with Crippen LogP contribution in [0, 0.1) is 0 Å². The molecule has 1 amide bonds. The van der Waals surface area contributed by atoms with Crippen molar-refractivity contribution in [2.45, 2.75) is 13.0 Å². The standard InChI is InChI=1S/C25H18N6OS/c32-22(30-25-29-20(15-33-25)17-8-5-6-13-26-17)12-14-31-21-11-4-1-7-16(21)23-24(31)28-19-10-3-2-9-18(19)27-23/h1-11,13,15H,12,14H2,(H,29,30,32). The first kappa shape index (κ1) is 19.5. The number of aryl methyl sites for hydroxylation is 1. The summed E-state index contributed by atoms with van der Waals surface area (Å²) in [6.45, 7) is 0.487. The van der Waals surface area contributed by atoms with Gasteiger partial charge in [0.25, 0.3) is 0 Å². The van der Waals surface area contributed by atoms with Crippen LogP contribution in [0.5, 0.6) is 0 Å². The number of hydrogen-bond acceptors (Lipinski definition) is 6. The van der Waals surface area contributed by atoms with Gasteiger partial charge < -0.3 is 9.88 Å². The van der Waals surface area contributed by atoms with Crippen molar-refractivity contribution in [3.63, 3.8) is 0 Å². The molecule has 2 aromatic carbocycles. The molecule has 0 radical (unpaired) electrons.